The normalized spacial score (nSPS) is 13.3. The molecule has 1 aromatic heterocycles. The first-order valence-electron chi connectivity index (χ1n) is 6.66. The van der Waals surface area contributed by atoms with Crippen molar-refractivity contribution in [3.63, 3.8) is 0 Å². The van der Waals surface area contributed by atoms with Gasteiger partial charge in [-0.2, -0.15) is 0 Å². The molecule has 0 radical (unpaired) electrons. The van der Waals surface area contributed by atoms with E-state index in [9.17, 15) is 0 Å². The zero-order chi connectivity index (χ0) is 13.1. The molecule has 0 saturated carbocycles. The predicted octanol–water partition coefficient (Wildman–Crippen LogP) is 3.27. The number of nitrogens with zero attached hydrogens (tertiary/aromatic N) is 2. The maximum absolute atomic E-state index is 5.96. The third-order valence-corrected chi connectivity index (χ3v) is 3.62. The van der Waals surface area contributed by atoms with Gasteiger partial charge in [0.05, 0.1) is 5.69 Å². The second-order valence-electron chi connectivity index (χ2n) is 4.78. The van der Waals surface area contributed by atoms with E-state index < -0.39 is 0 Å². The molecular formula is C15H16ClN3. The summed E-state index contributed by atoms with van der Waals surface area (Å²) in [7, 11) is 0. The lowest BCUT2D eigenvalue weighted by Gasteiger charge is -2.10. The third kappa shape index (κ3) is 2.87. The summed E-state index contributed by atoms with van der Waals surface area (Å²) < 4.78 is 0. The Balaban J connectivity index is 1.67. The Morgan fingerprint density at radius 1 is 1.11 bits per heavy atom. The van der Waals surface area contributed by atoms with Crippen LogP contribution in [0.25, 0.3) is 0 Å². The number of anilines is 1. The minimum atomic E-state index is 0.350. The van der Waals surface area contributed by atoms with Gasteiger partial charge in [0.1, 0.15) is 5.82 Å². The van der Waals surface area contributed by atoms with Crippen molar-refractivity contribution in [2.24, 2.45) is 0 Å². The highest BCUT2D eigenvalue weighted by atomic mass is 35.5. The van der Waals surface area contributed by atoms with E-state index in [1.54, 1.807) is 0 Å². The molecule has 1 aromatic carbocycles. The van der Waals surface area contributed by atoms with Crippen molar-refractivity contribution in [2.75, 3.05) is 11.9 Å². The van der Waals surface area contributed by atoms with Crippen LogP contribution in [0, 0.1) is 0 Å². The molecule has 3 nitrogen and oxygen atoms in total. The average Bonchev–Trinajstić information content (AvgIpc) is 2.88. The van der Waals surface area contributed by atoms with Crippen molar-refractivity contribution in [3.05, 3.63) is 52.4 Å². The summed E-state index contributed by atoms with van der Waals surface area (Å²) >= 11 is 5.96. The summed E-state index contributed by atoms with van der Waals surface area (Å²) in [4.78, 5) is 8.61. The smallest absolute Gasteiger partial charge is 0.224 e. The molecule has 0 unspecified atom stereocenters. The maximum atomic E-state index is 5.96. The lowest BCUT2D eigenvalue weighted by molar-refractivity contribution is 0.899. The van der Waals surface area contributed by atoms with Crippen LogP contribution in [0.4, 0.5) is 5.82 Å². The van der Waals surface area contributed by atoms with E-state index in [1.165, 1.54) is 11.1 Å². The van der Waals surface area contributed by atoms with Crippen molar-refractivity contribution in [1.82, 2.24) is 9.97 Å². The summed E-state index contributed by atoms with van der Waals surface area (Å²) in [5.74, 6) is 0.920. The van der Waals surface area contributed by atoms with Gasteiger partial charge in [0.25, 0.3) is 0 Å². The minimum Gasteiger partial charge on any atom is -0.369 e. The van der Waals surface area contributed by atoms with Crippen LogP contribution in [0.1, 0.15) is 23.2 Å². The van der Waals surface area contributed by atoms with E-state index in [-0.39, 0.29) is 0 Å². The fourth-order valence-corrected chi connectivity index (χ4v) is 2.71. The van der Waals surface area contributed by atoms with Gasteiger partial charge in [-0.05, 0) is 42.8 Å². The lowest BCUT2D eigenvalue weighted by atomic mass is 10.1. The van der Waals surface area contributed by atoms with Gasteiger partial charge in [0.15, 0.2) is 0 Å². The van der Waals surface area contributed by atoms with Crippen LogP contribution in [0.2, 0.25) is 5.28 Å². The third-order valence-electron chi connectivity index (χ3n) is 3.45. The van der Waals surface area contributed by atoms with E-state index in [2.05, 4.69) is 39.6 Å². The lowest BCUT2D eigenvalue weighted by Crippen LogP contribution is -2.09. The molecule has 1 aliphatic rings. The molecule has 0 spiro atoms. The molecule has 3 rings (SSSR count). The fraction of sp³-hybridized carbons (Fsp3) is 0.333. The van der Waals surface area contributed by atoms with Crippen molar-refractivity contribution in [1.29, 1.82) is 0 Å². The molecule has 0 bridgehead atoms. The standard InChI is InChI=1S/C15H16ClN3/c16-15-18-13-8-4-7-12(13)14(19-15)17-10-9-11-5-2-1-3-6-11/h1-3,5-6H,4,7-10H2,(H,17,18,19). The first-order chi connectivity index (χ1) is 9.33. The van der Waals surface area contributed by atoms with Gasteiger partial charge in [0.2, 0.25) is 5.28 Å². The van der Waals surface area contributed by atoms with Gasteiger partial charge in [-0.25, -0.2) is 9.97 Å². The molecule has 4 heteroatoms. The molecule has 19 heavy (non-hydrogen) atoms. The Labute approximate surface area is 118 Å². The van der Waals surface area contributed by atoms with E-state index in [0.29, 0.717) is 5.28 Å². The summed E-state index contributed by atoms with van der Waals surface area (Å²) in [5.41, 5.74) is 3.69. The zero-order valence-corrected chi connectivity index (χ0v) is 11.5. The van der Waals surface area contributed by atoms with Crippen molar-refractivity contribution in [3.8, 4) is 0 Å². The van der Waals surface area contributed by atoms with Gasteiger partial charge in [-0.1, -0.05) is 30.3 Å². The second-order valence-corrected chi connectivity index (χ2v) is 5.12. The Morgan fingerprint density at radius 2 is 1.95 bits per heavy atom. The van der Waals surface area contributed by atoms with Crippen LogP contribution >= 0.6 is 11.6 Å². The Bertz CT molecular complexity index is 569. The van der Waals surface area contributed by atoms with Gasteiger partial charge in [-0.15, -0.1) is 0 Å². The van der Waals surface area contributed by atoms with Crippen LogP contribution < -0.4 is 5.32 Å². The second kappa shape index (κ2) is 5.57. The quantitative estimate of drug-likeness (QED) is 0.869. The first kappa shape index (κ1) is 12.4. The van der Waals surface area contributed by atoms with E-state index in [0.717, 1.165) is 43.7 Å². The number of rotatable bonds is 4. The van der Waals surface area contributed by atoms with Crippen LogP contribution in [-0.2, 0) is 19.3 Å². The molecule has 0 aliphatic heterocycles. The van der Waals surface area contributed by atoms with Gasteiger partial charge in [-0.3, -0.25) is 0 Å². The average molecular weight is 274 g/mol. The molecule has 1 N–H and O–H groups in total. The van der Waals surface area contributed by atoms with Crippen LogP contribution in [0.5, 0.6) is 0 Å². The Hall–Kier alpha value is -1.61. The number of aromatic nitrogens is 2. The van der Waals surface area contributed by atoms with Crippen LogP contribution in [0.15, 0.2) is 30.3 Å². The van der Waals surface area contributed by atoms with Gasteiger partial charge >= 0.3 is 0 Å². The largest absolute Gasteiger partial charge is 0.369 e. The minimum absolute atomic E-state index is 0.350. The van der Waals surface area contributed by atoms with E-state index in [4.69, 9.17) is 11.6 Å². The molecule has 98 valence electrons. The van der Waals surface area contributed by atoms with Crippen molar-refractivity contribution < 1.29 is 0 Å². The van der Waals surface area contributed by atoms with E-state index >= 15 is 0 Å². The topological polar surface area (TPSA) is 37.8 Å². The molecular weight excluding hydrogens is 258 g/mol. The molecule has 1 aliphatic carbocycles. The molecule has 1 heterocycles. The summed E-state index contributed by atoms with van der Waals surface area (Å²) in [5, 5.41) is 3.75. The van der Waals surface area contributed by atoms with Crippen molar-refractivity contribution in [2.45, 2.75) is 25.7 Å². The van der Waals surface area contributed by atoms with Gasteiger partial charge < -0.3 is 5.32 Å². The number of fused-ring (bicyclic) bond motifs is 1. The molecule has 0 atom stereocenters. The maximum Gasteiger partial charge on any atom is 0.224 e. The highest BCUT2D eigenvalue weighted by Crippen LogP contribution is 2.27. The number of benzene rings is 1. The predicted molar refractivity (Wildman–Crippen MR) is 77.7 cm³/mol. The Morgan fingerprint density at radius 3 is 2.79 bits per heavy atom. The zero-order valence-electron chi connectivity index (χ0n) is 10.7. The summed E-state index contributed by atoms with van der Waals surface area (Å²) in [6, 6.07) is 10.4. The number of halogens is 1. The SMILES string of the molecule is Clc1nc2c(c(NCCc3ccccc3)n1)CCC2. The Kier molecular flexibility index (Phi) is 3.65. The van der Waals surface area contributed by atoms with Crippen LogP contribution in [0.3, 0.4) is 0 Å². The van der Waals surface area contributed by atoms with Crippen molar-refractivity contribution >= 4 is 17.4 Å². The summed E-state index contributed by atoms with van der Waals surface area (Å²) in [6.45, 7) is 0.865. The summed E-state index contributed by atoms with van der Waals surface area (Å²) in [6.07, 6.45) is 4.21. The highest BCUT2D eigenvalue weighted by molar-refractivity contribution is 6.28. The van der Waals surface area contributed by atoms with Gasteiger partial charge in [0, 0.05) is 12.1 Å². The molecule has 0 fully saturated rings. The first-order valence-corrected chi connectivity index (χ1v) is 7.04. The molecule has 0 amide bonds. The number of hydrogen-bond acceptors (Lipinski definition) is 3. The number of nitrogens with one attached hydrogen (secondary N) is 1. The van der Waals surface area contributed by atoms with E-state index in [1.807, 2.05) is 6.07 Å². The molecule has 2 aromatic rings. The van der Waals surface area contributed by atoms with Crippen LogP contribution in [-0.4, -0.2) is 16.5 Å². The highest BCUT2D eigenvalue weighted by Gasteiger charge is 2.18. The monoisotopic (exact) mass is 273 g/mol. The number of aryl methyl sites for hydroxylation is 1. The fourth-order valence-electron chi connectivity index (χ4n) is 2.52. The molecule has 0 saturated heterocycles. The number of hydrogen-bond donors (Lipinski definition) is 1.